The predicted octanol–water partition coefficient (Wildman–Crippen LogP) is 2.38. The topological polar surface area (TPSA) is 55.6 Å². The zero-order valence-electron chi connectivity index (χ0n) is 13.1. The molecule has 5 nitrogen and oxygen atoms in total. The van der Waals surface area contributed by atoms with E-state index in [1.807, 2.05) is 25.7 Å². The smallest absolute Gasteiger partial charge is 0.0857 e. The highest BCUT2D eigenvalue weighted by atomic mass is 32.1. The molecule has 0 radical (unpaired) electrons. The lowest BCUT2D eigenvalue weighted by atomic mass is 9.89. The SMILES string of the molecule is CNC(Cc1cc(C)nn1C)c1snnc1C(C)(C)C. The van der Waals surface area contributed by atoms with Crippen LogP contribution in [0.3, 0.4) is 0 Å². The second-order valence-electron chi connectivity index (χ2n) is 6.18. The van der Waals surface area contributed by atoms with E-state index in [-0.39, 0.29) is 11.5 Å². The summed E-state index contributed by atoms with van der Waals surface area (Å²) in [5.41, 5.74) is 3.37. The summed E-state index contributed by atoms with van der Waals surface area (Å²) in [5, 5.41) is 12.1. The number of aryl methyl sites for hydroxylation is 2. The maximum absolute atomic E-state index is 4.41. The van der Waals surface area contributed by atoms with Gasteiger partial charge in [0, 0.05) is 24.6 Å². The maximum Gasteiger partial charge on any atom is 0.0857 e. The lowest BCUT2D eigenvalue weighted by Crippen LogP contribution is -2.23. The van der Waals surface area contributed by atoms with Crippen LogP contribution in [0.4, 0.5) is 0 Å². The maximum atomic E-state index is 4.41. The summed E-state index contributed by atoms with van der Waals surface area (Å²) in [6.07, 6.45) is 0.890. The van der Waals surface area contributed by atoms with E-state index in [1.54, 1.807) is 0 Å². The highest BCUT2D eigenvalue weighted by Crippen LogP contribution is 2.31. The van der Waals surface area contributed by atoms with Crippen LogP contribution in [0.5, 0.6) is 0 Å². The Morgan fingerprint density at radius 3 is 2.60 bits per heavy atom. The van der Waals surface area contributed by atoms with Crippen LogP contribution in [0, 0.1) is 6.92 Å². The first-order valence-electron chi connectivity index (χ1n) is 6.82. The minimum absolute atomic E-state index is 0.0137. The van der Waals surface area contributed by atoms with E-state index >= 15 is 0 Å². The third-order valence-electron chi connectivity index (χ3n) is 3.40. The Morgan fingerprint density at radius 2 is 2.10 bits per heavy atom. The van der Waals surface area contributed by atoms with Crippen LogP contribution in [0.1, 0.15) is 48.8 Å². The highest BCUT2D eigenvalue weighted by molar-refractivity contribution is 7.05. The molecule has 0 bridgehead atoms. The van der Waals surface area contributed by atoms with Crippen molar-refractivity contribution in [3.63, 3.8) is 0 Å². The molecule has 0 aliphatic rings. The summed E-state index contributed by atoms with van der Waals surface area (Å²) in [4.78, 5) is 1.22. The molecule has 0 fully saturated rings. The van der Waals surface area contributed by atoms with E-state index in [9.17, 15) is 0 Å². The van der Waals surface area contributed by atoms with Gasteiger partial charge >= 0.3 is 0 Å². The van der Waals surface area contributed by atoms with Crippen LogP contribution in [-0.4, -0.2) is 26.4 Å². The van der Waals surface area contributed by atoms with Gasteiger partial charge in [-0.2, -0.15) is 5.10 Å². The molecule has 2 aromatic heterocycles. The molecule has 0 aliphatic heterocycles. The van der Waals surface area contributed by atoms with Crippen molar-refractivity contribution in [3.8, 4) is 0 Å². The van der Waals surface area contributed by atoms with E-state index in [4.69, 9.17) is 0 Å². The first-order chi connectivity index (χ1) is 9.32. The molecule has 6 heteroatoms. The molecule has 0 saturated carbocycles. The minimum Gasteiger partial charge on any atom is -0.312 e. The molecule has 110 valence electrons. The summed E-state index contributed by atoms with van der Waals surface area (Å²) in [6, 6.07) is 2.36. The van der Waals surface area contributed by atoms with Crippen molar-refractivity contribution < 1.29 is 0 Å². The zero-order chi connectivity index (χ0) is 14.9. The molecule has 0 amide bonds. The van der Waals surface area contributed by atoms with Gasteiger partial charge in [0.2, 0.25) is 0 Å². The summed E-state index contributed by atoms with van der Waals surface area (Å²) in [7, 11) is 3.98. The molecule has 20 heavy (non-hydrogen) atoms. The van der Waals surface area contributed by atoms with Crippen molar-refractivity contribution in [2.45, 2.75) is 45.6 Å². The van der Waals surface area contributed by atoms with Gasteiger partial charge in [-0.3, -0.25) is 4.68 Å². The van der Waals surface area contributed by atoms with Gasteiger partial charge in [0.25, 0.3) is 0 Å². The third-order valence-corrected chi connectivity index (χ3v) is 4.24. The van der Waals surface area contributed by atoms with Crippen molar-refractivity contribution in [3.05, 3.63) is 28.0 Å². The zero-order valence-corrected chi connectivity index (χ0v) is 13.9. The van der Waals surface area contributed by atoms with Crippen LogP contribution >= 0.6 is 11.5 Å². The third kappa shape index (κ3) is 3.07. The Morgan fingerprint density at radius 1 is 1.40 bits per heavy atom. The Labute approximate surface area is 124 Å². The van der Waals surface area contributed by atoms with Gasteiger partial charge in [0.15, 0.2) is 0 Å². The quantitative estimate of drug-likeness (QED) is 0.940. The monoisotopic (exact) mass is 293 g/mol. The number of nitrogens with zero attached hydrogens (tertiary/aromatic N) is 4. The van der Waals surface area contributed by atoms with Crippen LogP contribution in [0.25, 0.3) is 0 Å². The van der Waals surface area contributed by atoms with Gasteiger partial charge in [-0.05, 0) is 31.6 Å². The van der Waals surface area contributed by atoms with Crippen molar-refractivity contribution in [1.29, 1.82) is 0 Å². The average Bonchev–Trinajstić information content (AvgIpc) is 2.92. The fourth-order valence-corrected chi connectivity index (χ4v) is 3.31. The molecule has 0 spiro atoms. The fourth-order valence-electron chi connectivity index (χ4n) is 2.34. The van der Waals surface area contributed by atoms with Crippen LogP contribution in [-0.2, 0) is 18.9 Å². The Hall–Kier alpha value is -1.27. The molecule has 1 N–H and O–H groups in total. The number of rotatable bonds is 4. The molecular weight excluding hydrogens is 270 g/mol. The molecule has 0 saturated heterocycles. The predicted molar refractivity (Wildman–Crippen MR) is 82.1 cm³/mol. The van der Waals surface area contributed by atoms with Gasteiger partial charge in [-0.1, -0.05) is 25.3 Å². The molecule has 2 aromatic rings. The van der Waals surface area contributed by atoms with Crippen LogP contribution in [0.2, 0.25) is 0 Å². The van der Waals surface area contributed by atoms with Gasteiger partial charge in [0.1, 0.15) is 0 Å². The largest absolute Gasteiger partial charge is 0.312 e. The number of likely N-dealkylation sites (N-methyl/N-ethyl adjacent to an activating group) is 1. The second kappa shape index (κ2) is 5.61. The molecular formula is C14H23N5S. The normalized spacial score (nSPS) is 13.7. The van der Waals surface area contributed by atoms with E-state index in [0.29, 0.717) is 0 Å². The molecule has 0 aromatic carbocycles. The number of nitrogens with one attached hydrogen (secondary N) is 1. The molecule has 1 atom stereocenters. The second-order valence-corrected chi connectivity index (χ2v) is 6.97. The Balaban J connectivity index is 2.30. The van der Waals surface area contributed by atoms with Crippen molar-refractivity contribution in [2.75, 3.05) is 7.05 Å². The van der Waals surface area contributed by atoms with Gasteiger partial charge in [-0.25, -0.2) is 0 Å². The molecule has 2 rings (SSSR count). The lowest BCUT2D eigenvalue weighted by Gasteiger charge is -2.21. The van der Waals surface area contributed by atoms with Crippen molar-refractivity contribution in [2.24, 2.45) is 7.05 Å². The van der Waals surface area contributed by atoms with Gasteiger partial charge in [-0.15, -0.1) is 5.10 Å². The minimum atomic E-state index is 0.0137. The highest BCUT2D eigenvalue weighted by Gasteiger charge is 2.27. The number of hydrogen-bond donors (Lipinski definition) is 1. The summed E-state index contributed by atoms with van der Waals surface area (Å²) in [5.74, 6) is 0. The summed E-state index contributed by atoms with van der Waals surface area (Å²) < 4.78 is 6.11. The Bertz CT molecular complexity index is 579. The first kappa shape index (κ1) is 15.1. The van der Waals surface area contributed by atoms with E-state index < -0.39 is 0 Å². The van der Waals surface area contributed by atoms with Crippen LogP contribution in [0.15, 0.2) is 6.07 Å². The summed E-state index contributed by atoms with van der Waals surface area (Å²) >= 11 is 1.49. The number of hydrogen-bond acceptors (Lipinski definition) is 5. The Kier molecular flexibility index (Phi) is 4.25. The molecule has 0 aliphatic carbocycles. The van der Waals surface area contributed by atoms with Gasteiger partial charge < -0.3 is 5.32 Å². The lowest BCUT2D eigenvalue weighted by molar-refractivity contribution is 0.521. The van der Waals surface area contributed by atoms with E-state index in [0.717, 1.165) is 17.8 Å². The van der Waals surface area contributed by atoms with E-state index in [2.05, 4.69) is 46.8 Å². The average molecular weight is 293 g/mol. The number of aromatic nitrogens is 4. The van der Waals surface area contributed by atoms with Crippen molar-refractivity contribution in [1.82, 2.24) is 24.7 Å². The van der Waals surface area contributed by atoms with Crippen molar-refractivity contribution >= 4 is 11.5 Å². The summed E-state index contributed by atoms with van der Waals surface area (Å²) in [6.45, 7) is 8.54. The fraction of sp³-hybridized carbons (Fsp3) is 0.643. The standard InChI is InChI=1S/C14H23N5S/c1-9-7-10(19(6)17-9)8-11(15-5)12-13(14(2,3)4)16-18-20-12/h7,11,15H,8H2,1-6H3. The molecule has 1 unspecified atom stereocenters. The first-order valence-corrected chi connectivity index (χ1v) is 7.59. The van der Waals surface area contributed by atoms with E-state index in [1.165, 1.54) is 22.1 Å². The van der Waals surface area contributed by atoms with Gasteiger partial charge in [0.05, 0.1) is 22.3 Å². The molecule has 2 heterocycles. The van der Waals surface area contributed by atoms with Crippen LogP contribution < -0.4 is 5.32 Å².